The van der Waals surface area contributed by atoms with Crippen molar-refractivity contribution in [1.82, 2.24) is 0 Å². The average molecular weight is 232 g/mol. The Hall–Kier alpha value is -1.29. The first-order valence-electron chi connectivity index (χ1n) is 4.42. The minimum absolute atomic E-state index is 0.0650. The number of rotatable bonds is 2. The van der Waals surface area contributed by atoms with Crippen LogP contribution in [0, 0.1) is 5.82 Å². The number of ether oxygens (including phenoxy) is 1. The van der Waals surface area contributed by atoms with Gasteiger partial charge in [0.1, 0.15) is 5.82 Å². The first kappa shape index (κ1) is 11.8. The molecule has 5 heteroatoms. The van der Waals surface area contributed by atoms with E-state index < -0.39 is 11.9 Å². The number of hydrogen-bond acceptors (Lipinski definition) is 2. The van der Waals surface area contributed by atoms with Crippen molar-refractivity contribution in [2.75, 3.05) is 5.32 Å². The molecule has 0 aliphatic rings. The lowest BCUT2D eigenvalue weighted by atomic mass is 10.3. The van der Waals surface area contributed by atoms with Crippen LogP contribution in [0.1, 0.15) is 13.8 Å². The van der Waals surface area contributed by atoms with E-state index in [1.54, 1.807) is 13.8 Å². The lowest BCUT2D eigenvalue weighted by molar-refractivity contribution is 0.130. The molecule has 0 aliphatic carbocycles. The maximum atomic E-state index is 13.2. The van der Waals surface area contributed by atoms with Gasteiger partial charge >= 0.3 is 6.09 Å². The maximum Gasteiger partial charge on any atom is 0.412 e. The third-order valence-electron chi connectivity index (χ3n) is 1.53. The van der Waals surface area contributed by atoms with E-state index in [9.17, 15) is 9.18 Å². The lowest BCUT2D eigenvalue weighted by Gasteiger charge is -2.10. The average Bonchev–Trinajstić information content (AvgIpc) is 2.10. The molecule has 15 heavy (non-hydrogen) atoms. The Morgan fingerprint density at radius 2 is 2.20 bits per heavy atom. The summed E-state index contributed by atoms with van der Waals surface area (Å²) in [5, 5.41) is 2.38. The summed E-state index contributed by atoms with van der Waals surface area (Å²) in [7, 11) is 0. The quantitative estimate of drug-likeness (QED) is 0.847. The monoisotopic (exact) mass is 231 g/mol. The molecule has 0 heterocycles. The van der Waals surface area contributed by atoms with Crippen LogP contribution in [0.4, 0.5) is 14.9 Å². The van der Waals surface area contributed by atoms with Gasteiger partial charge in [0.25, 0.3) is 0 Å². The minimum atomic E-state index is -0.725. The van der Waals surface area contributed by atoms with Crippen LogP contribution in [0.3, 0.4) is 0 Å². The van der Waals surface area contributed by atoms with E-state index in [-0.39, 0.29) is 16.8 Å². The van der Waals surface area contributed by atoms with Crippen LogP contribution in [-0.4, -0.2) is 12.2 Å². The third-order valence-corrected chi connectivity index (χ3v) is 1.85. The van der Waals surface area contributed by atoms with Gasteiger partial charge < -0.3 is 4.74 Å². The van der Waals surface area contributed by atoms with Crippen LogP contribution in [0.5, 0.6) is 0 Å². The second-order valence-corrected chi connectivity index (χ2v) is 3.58. The van der Waals surface area contributed by atoms with Crippen LogP contribution in [0.15, 0.2) is 18.2 Å². The standard InChI is InChI=1S/C10H11ClFNO2/c1-6(2)15-10(14)13-9-7(11)4-3-5-8(9)12/h3-6H,1-2H3,(H,13,14). The van der Waals surface area contributed by atoms with Gasteiger partial charge in [-0.05, 0) is 26.0 Å². The first-order valence-corrected chi connectivity index (χ1v) is 4.80. The number of hydrogen-bond donors (Lipinski definition) is 1. The highest BCUT2D eigenvalue weighted by atomic mass is 35.5. The molecule has 0 fully saturated rings. The van der Waals surface area contributed by atoms with E-state index in [1.807, 2.05) is 0 Å². The number of carbonyl (C=O) groups excluding carboxylic acids is 1. The summed E-state index contributed by atoms with van der Waals surface area (Å²) in [6.45, 7) is 3.39. The number of para-hydroxylation sites is 1. The maximum absolute atomic E-state index is 13.2. The second-order valence-electron chi connectivity index (χ2n) is 3.18. The van der Waals surface area contributed by atoms with E-state index in [2.05, 4.69) is 5.32 Å². The number of nitrogens with one attached hydrogen (secondary N) is 1. The fraction of sp³-hybridized carbons (Fsp3) is 0.300. The first-order chi connectivity index (χ1) is 7.00. The summed E-state index contributed by atoms with van der Waals surface area (Å²) in [4.78, 5) is 11.2. The number of anilines is 1. The van der Waals surface area contributed by atoms with Gasteiger partial charge in [-0.25, -0.2) is 9.18 Å². The van der Waals surface area contributed by atoms with Crippen molar-refractivity contribution in [2.24, 2.45) is 0 Å². The molecule has 1 rings (SSSR count). The van der Waals surface area contributed by atoms with Crippen LogP contribution < -0.4 is 5.32 Å². The fourth-order valence-corrected chi connectivity index (χ4v) is 1.17. The van der Waals surface area contributed by atoms with Gasteiger partial charge in [0, 0.05) is 0 Å². The summed E-state index contributed by atoms with van der Waals surface area (Å²) in [5.41, 5.74) is -0.0650. The number of benzene rings is 1. The molecule has 0 aromatic heterocycles. The van der Waals surface area contributed by atoms with Crippen molar-refractivity contribution in [2.45, 2.75) is 20.0 Å². The highest BCUT2D eigenvalue weighted by molar-refractivity contribution is 6.33. The molecule has 3 nitrogen and oxygen atoms in total. The van der Waals surface area contributed by atoms with E-state index in [0.29, 0.717) is 0 Å². The molecule has 1 amide bonds. The molecule has 0 unspecified atom stereocenters. The highest BCUT2D eigenvalue weighted by Crippen LogP contribution is 2.24. The van der Waals surface area contributed by atoms with Gasteiger partial charge in [-0.3, -0.25) is 5.32 Å². The molecule has 0 atom stereocenters. The molecule has 0 saturated carbocycles. The molecule has 0 aliphatic heterocycles. The van der Waals surface area contributed by atoms with Crippen molar-refractivity contribution in [3.8, 4) is 0 Å². The van der Waals surface area contributed by atoms with Crippen molar-refractivity contribution >= 4 is 23.4 Å². The topological polar surface area (TPSA) is 38.3 Å². The third kappa shape index (κ3) is 3.40. The predicted molar refractivity (Wildman–Crippen MR) is 56.6 cm³/mol. The molecule has 1 aromatic carbocycles. The van der Waals surface area contributed by atoms with E-state index in [4.69, 9.17) is 16.3 Å². The molecular formula is C10H11ClFNO2. The number of carbonyl (C=O) groups is 1. The van der Waals surface area contributed by atoms with Gasteiger partial charge in [0.15, 0.2) is 0 Å². The zero-order valence-corrected chi connectivity index (χ0v) is 9.14. The SMILES string of the molecule is CC(C)OC(=O)Nc1c(F)cccc1Cl. The molecule has 0 saturated heterocycles. The van der Waals surface area contributed by atoms with Gasteiger partial charge in [0.2, 0.25) is 0 Å². The molecule has 0 bridgehead atoms. The molecule has 82 valence electrons. The fourth-order valence-electron chi connectivity index (χ4n) is 0.963. The predicted octanol–water partition coefficient (Wildman–Crippen LogP) is 3.44. The van der Waals surface area contributed by atoms with Crippen molar-refractivity contribution in [3.63, 3.8) is 0 Å². The zero-order valence-electron chi connectivity index (χ0n) is 8.38. The summed E-state index contributed by atoms with van der Waals surface area (Å²) in [5.74, 6) is -0.594. The summed E-state index contributed by atoms with van der Waals surface area (Å²) < 4.78 is 18.0. The summed E-state index contributed by atoms with van der Waals surface area (Å²) >= 11 is 5.70. The summed E-state index contributed by atoms with van der Waals surface area (Å²) in [6.07, 6.45) is -0.993. The second kappa shape index (κ2) is 4.98. The van der Waals surface area contributed by atoms with Crippen LogP contribution in [-0.2, 0) is 4.74 Å². The van der Waals surface area contributed by atoms with Gasteiger partial charge in [0.05, 0.1) is 16.8 Å². The van der Waals surface area contributed by atoms with E-state index in [1.165, 1.54) is 18.2 Å². The summed E-state index contributed by atoms with van der Waals surface area (Å²) in [6, 6.07) is 4.14. The van der Waals surface area contributed by atoms with Crippen molar-refractivity contribution in [3.05, 3.63) is 29.0 Å². The van der Waals surface area contributed by atoms with Gasteiger partial charge in [-0.2, -0.15) is 0 Å². The Labute approximate surface area is 92.2 Å². The molecule has 0 spiro atoms. The molecule has 0 radical (unpaired) electrons. The van der Waals surface area contributed by atoms with Crippen LogP contribution >= 0.6 is 11.6 Å². The molecule has 1 aromatic rings. The minimum Gasteiger partial charge on any atom is -0.447 e. The molecule has 1 N–H and O–H groups in total. The highest BCUT2D eigenvalue weighted by Gasteiger charge is 2.11. The lowest BCUT2D eigenvalue weighted by Crippen LogP contribution is -2.18. The number of amides is 1. The normalized spacial score (nSPS) is 10.2. The Morgan fingerprint density at radius 3 is 2.73 bits per heavy atom. The van der Waals surface area contributed by atoms with E-state index in [0.717, 1.165) is 0 Å². The molecular weight excluding hydrogens is 221 g/mol. The smallest absolute Gasteiger partial charge is 0.412 e. The van der Waals surface area contributed by atoms with Crippen molar-refractivity contribution in [1.29, 1.82) is 0 Å². The van der Waals surface area contributed by atoms with Gasteiger partial charge in [-0.1, -0.05) is 17.7 Å². The van der Waals surface area contributed by atoms with Crippen molar-refractivity contribution < 1.29 is 13.9 Å². The zero-order chi connectivity index (χ0) is 11.4. The Bertz CT molecular complexity index is 348. The van der Waals surface area contributed by atoms with Gasteiger partial charge in [-0.15, -0.1) is 0 Å². The van der Waals surface area contributed by atoms with Crippen LogP contribution in [0.25, 0.3) is 0 Å². The number of halogens is 2. The van der Waals surface area contributed by atoms with E-state index >= 15 is 0 Å². The Kier molecular flexibility index (Phi) is 3.91. The Morgan fingerprint density at radius 1 is 1.53 bits per heavy atom. The Balaban J connectivity index is 2.76. The van der Waals surface area contributed by atoms with Crippen LogP contribution in [0.2, 0.25) is 5.02 Å². The largest absolute Gasteiger partial charge is 0.447 e.